The molecule has 12 heteroatoms. The smallest absolute Gasteiger partial charge is 0.381 e. The van der Waals surface area contributed by atoms with E-state index in [0.29, 0.717) is 14.8 Å². The highest BCUT2D eigenvalue weighted by molar-refractivity contribution is 14.1. The first-order valence-electron chi connectivity index (χ1n) is 12.3. The molecule has 1 aliphatic carbocycles. The van der Waals surface area contributed by atoms with Gasteiger partial charge < -0.3 is 24.6 Å². The molecule has 1 saturated carbocycles. The molecular weight excluding hydrogens is 600 g/mol. The van der Waals surface area contributed by atoms with Gasteiger partial charge in [-0.15, -0.1) is 0 Å². The van der Waals surface area contributed by atoms with Crippen LogP contribution in [0.5, 0.6) is 0 Å². The third kappa shape index (κ3) is 5.74. The zero-order chi connectivity index (χ0) is 26.5. The Kier molecular flexibility index (Phi) is 6.92. The minimum atomic E-state index is -4.44. The zero-order valence-corrected chi connectivity index (χ0v) is 23.1. The number of hydrogen-bond donors (Lipinski definition) is 2. The van der Waals surface area contributed by atoms with Gasteiger partial charge in [-0.25, -0.2) is 0 Å². The van der Waals surface area contributed by atoms with Crippen LogP contribution in [0.25, 0.3) is 22.4 Å². The van der Waals surface area contributed by atoms with E-state index in [1.807, 2.05) is 19.9 Å². The molecule has 3 atom stereocenters. The van der Waals surface area contributed by atoms with Crippen molar-refractivity contribution in [2.24, 2.45) is 11.3 Å². The van der Waals surface area contributed by atoms with Gasteiger partial charge in [0.05, 0.1) is 17.8 Å². The standard InChI is InChI=1S/C25H30F3IN6O2/c1-24(2)10-15(24)23(36)30-11-21-32-22(33-37-21)20-9-14-17(31-18-7-8-34(3)12-16(18)29)5-4-6-19(14)35(20)13-25(26,27)28/h4-6,9,15-16,18,31H,7-8,10-13H2,1-3H3,(H,30,36)/t15-,16-,18+/m0/s1. The summed E-state index contributed by atoms with van der Waals surface area (Å²) in [4.78, 5) is 18.9. The van der Waals surface area contributed by atoms with Crippen LogP contribution in [0.1, 0.15) is 32.6 Å². The summed E-state index contributed by atoms with van der Waals surface area (Å²) in [6.07, 6.45) is -2.69. The van der Waals surface area contributed by atoms with Crippen LogP contribution in [-0.2, 0) is 17.9 Å². The van der Waals surface area contributed by atoms with Crippen molar-refractivity contribution >= 4 is 45.1 Å². The number of likely N-dealkylation sites (tertiary alicyclic amines) is 1. The molecule has 8 nitrogen and oxygen atoms in total. The monoisotopic (exact) mass is 630 g/mol. The van der Waals surface area contributed by atoms with Gasteiger partial charge in [0.2, 0.25) is 17.6 Å². The first-order chi connectivity index (χ1) is 17.4. The fraction of sp³-hybridized carbons (Fsp3) is 0.560. The molecule has 0 radical (unpaired) electrons. The fourth-order valence-electron chi connectivity index (χ4n) is 5.00. The number of rotatable bonds is 7. The van der Waals surface area contributed by atoms with Crippen LogP contribution in [0.15, 0.2) is 28.8 Å². The second-order valence-electron chi connectivity index (χ2n) is 10.8. The van der Waals surface area contributed by atoms with Crippen molar-refractivity contribution in [3.63, 3.8) is 0 Å². The van der Waals surface area contributed by atoms with Gasteiger partial charge >= 0.3 is 6.18 Å². The van der Waals surface area contributed by atoms with E-state index < -0.39 is 12.7 Å². The Bertz CT molecular complexity index is 1300. The predicted molar refractivity (Wildman–Crippen MR) is 142 cm³/mol. The summed E-state index contributed by atoms with van der Waals surface area (Å²) >= 11 is 2.43. The van der Waals surface area contributed by atoms with Crippen molar-refractivity contribution in [1.82, 2.24) is 24.9 Å². The Morgan fingerprint density at radius 3 is 2.76 bits per heavy atom. The number of benzene rings is 1. The Balaban J connectivity index is 1.43. The Morgan fingerprint density at radius 1 is 1.32 bits per heavy atom. The lowest BCUT2D eigenvalue weighted by Crippen LogP contribution is -2.45. The number of anilines is 1. The van der Waals surface area contributed by atoms with Crippen LogP contribution < -0.4 is 10.6 Å². The van der Waals surface area contributed by atoms with Crippen molar-refractivity contribution in [3.05, 3.63) is 30.2 Å². The van der Waals surface area contributed by atoms with Crippen molar-refractivity contribution in [2.45, 2.75) is 55.9 Å². The maximum Gasteiger partial charge on any atom is 0.406 e. The van der Waals surface area contributed by atoms with E-state index in [2.05, 4.69) is 55.3 Å². The van der Waals surface area contributed by atoms with E-state index >= 15 is 0 Å². The molecule has 1 saturated heterocycles. The van der Waals surface area contributed by atoms with E-state index in [1.54, 1.807) is 18.2 Å². The number of piperidine rings is 1. The number of hydrogen-bond acceptors (Lipinski definition) is 6. The molecule has 0 bridgehead atoms. The number of fused-ring (bicyclic) bond motifs is 1. The highest BCUT2D eigenvalue weighted by atomic mass is 127. The molecule has 0 unspecified atom stereocenters. The molecule has 0 spiro atoms. The lowest BCUT2D eigenvalue weighted by Gasteiger charge is -2.34. The molecule has 200 valence electrons. The normalized spacial score (nSPS) is 23.8. The van der Waals surface area contributed by atoms with E-state index in [-0.39, 0.29) is 47.2 Å². The molecule has 1 aliphatic heterocycles. The molecule has 1 amide bonds. The number of carbonyl (C=O) groups is 1. The largest absolute Gasteiger partial charge is 0.406 e. The molecule has 3 aromatic rings. The van der Waals surface area contributed by atoms with Gasteiger partial charge in [-0.3, -0.25) is 4.79 Å². The van der Waals surface area contributed by atoms with Crippen molar-refractivity contribution < 1.29 is 22.5 Å². The van der Waals surface area contributed by atoms with Crippen LogP contribution in [0.4, 0.5) is 18.9 Å². The summed E-state index contributed by atoms with van der Waals surface area (Å²) in [7, 11) is 2.09. The number of nitrogens with zero attached hydrogens (tertiary/aromatic N) is 4. The van der Waals surface area contributed by atoms with E-state index in [4.69, 9.17) is 4.52 Å². The summed E-state index contributed by atoms with van der Waals surface area (Å²) in [5, 5.41) is 11.0. The van der Waals surface area contributed by atoms with Crippen LogP contribution in [0, 0.1) is 11.3 Å². The van der Waals surface area contributed by atoms with E-state index in [9.17, 15) is 18.0 Å². The summed E-state index contributed by atoms with van der Waals surface area (Å²) in [5.41, 5.74) is 1.41. The van der Waals surface area contributed by atoms with Crippen LogP contribution in [-0.4, -0.2) is 61.8 Å². The number of nitrogens with one attached hydrogen (secondary N) is 2. The van der Waals surface area contributed by atoms with Gasteiger partial charge in [0.15, 0.2) is 0 Å². The lowest BCUT2D eigenvalue weighted by atomic mass is 10.0. The quantitative estimate of drug-likeness (QED) is 0.287. The predicted octanol–water partition coefficient (Wildman–Crippen LogP) is 4.84. The third-order valence-electron chi connectivity index (χ3n) is 7.31. The second kappa shape index (κ2) is 9.75. The van der Waals surface area contributed by atoms with E-state index in [1.165, 1.54) is 4.57 Å². The maximum absolute atomic E-state index is 13.6. The summed E-state index contributed by atoms with van der Waals surface area (Å²) < 4.78 is 47.7. The van der Waals surface area contributed by atoms with Gasteiger partial charge in [-0.05, 0) is 50.0 Å². The SMILES string of the molecule is CN1CC[C@@H](Nc2cccc3c2cc(-c2noc(CNC(=O)[C@@H]4CC4(C)C)n2)n3CC(F)(F)F)[C@@H](I)C1. The van der Waals surface area contributed by atoms with Gasteiger partial charge in [0.25, 0.3) is 0 Å². The average Bonchev–Trinajstić information content (AvgIpc) is 3.12. The van der Waals surface area contributed by atoms with Crippen molar-refractivity contribution in [1.29, 1.82) is 0 Å². The summed E-state index contributed by atoms with van der Waals surface area (Å²) in [6.45, 7) is 4.78. The molecule has 1 aromatic carbocycles. The first-order valence-corrected chi connectivity index (χ1v) is 13.5. The van der Waals surface area contributed by atoms with Gasteiger partial charge in [-0.2, -0.15) is 18.2 Å². The number of alkyl halides is 4. The minimum absolute atomic E-state index is 0.0147. The van der Waals surface area contributed by atoms with Gasteiger partial charge in [-0.1, -0.05) is 47.7 Å². The molecule has 2 N–H and O–H groups in total. The Hall–Kier alpha value is -2.35. The number of amides is 1. The maximum atomic E-state index is 13.6. The molecule has 2 aliphatic rings. The molecular formula is C25H30F3IN6O2. The second-order valence-corrected chi connectivity index (χ2v) is 12.4. The van der Waals surface area contributed by atoms with Gasteiger partial charge in [0.1, 0.15) is 6.54 Å². The number of aromatic nitrogens is 3. The highest BCUT2D eigenvalue weighted by Gasteiger charge is 2.50. The molecule has 37 heavy (non-hydrogen) atoms. The summed E-state index contributed by atoms with van der Waals surface area (Å²) in [5.74, 6) is 0.0486. The van der Waals surface area contributed by atoms with Gasteiger partial charge in [0, 0.05) is 33.5 Å². The lowest BCUT2D eigenvalue weighted by molar-refractivity contribution is -0.139. The van der Waals surface area contributed by atoms with E-state index in [0.717, 1.165) is 31.6 Å². The minimum Gasteiger partial charge on any atom is -0.381 e. The Labute approximate surface area is 226 Å². The van der Waals surface area contributed by atoms with Crippen LogP contribution in [0.2, 0.25) is 0 Å². The molecule has 2 aromatic heterocycles. The van der Waals surface area contributed by atoms with Crippen molar-refractivity contribution in [3.8, 4) is 11.5 Å². The highest BCUT2D eigenvalue weighted by Crippen LogP contribution is 2.51. The Morgan fingerprint density at radius 2 is 2.08 bits per heavy atom. The average molecular weight is 630 g/mol. The number of carbonyl (C=O) groups excluding carboxylic acids is 1. The fourth-order valence-corrected chi connectivity index (χ4v) is 6.21. The summed E-state index contributed by atoms with van der Waals surface area (Å²) in [6, 6.07) is 7.20. The third-order valence-corrected chi connectivity index (χ3v) is 8.57. The molecule has 5 rings (SSSR count). The van der Waals surface area contributed by atoms with Crippen LogP contribution >= 0.6 is 22.6 Å². The molecule has 2 fully saturated rings. The van der Waals surface area contributed by atoms with Crippen molar-refractivity contribution in [2.75, 3.05) is 25.5 Å². The zero-order valence-electron chi connectivity index (χ0n) is 20.9. The van der Waals surface area contributed by atoms with Crippen LogP contribution in [0.3, 0.4) is 0 Å². The number of halogens is 4. The topological polar surface area (TPSA) is 88.2 Å². The first kappa shape index (κ1) is 26.3. The molecule has 3 heterocycles.